The van der Waals surface area contributed by atoms with Gasteiger partial charge in [0.1, 0.15) is 11.9 Å². The summed E-state index contributed by atoms with van der Waals surface area (Å²) >= 11 is 1.60. The van der Waals surface area contributed by atoms with Crippen molar-refractivity contribution < 1.29 is 9.53 Å². The molecule has 1 unspecified atom stereocenters. The Morgan fingerprint density at radius 1 is 1.27 bits per heavy atom. The lowest BCUT2D eigenvalue weighted by atomic mass is 10.0. The van der Waals surface area contributed by atoms with Gasteiger partial charge in [0, 0.05) is 35.3 Å². The van der Waals surface area contributed by atoms with Crippen LogP contribution >= 0.6 is 11.3 Å². The number of carbonyl (C=O) groups excluding carboxylic acids is 1. The Morgan fingerprint density at radius 2 is 2.23 bits per heavy atom. The van der Waals surface area contributed by atoms with Crippen molar-refractivity contribution in [3.8, 4) is 16.9 Å². The Kier molecular flexibility index (Phi) is 4.80. The summed E-state index contributed by atoms with van der Waals surface area (Å²) < 4.78 is 5.95. The average Bonchev–Trinajstić information content (AvgIpc) is 3.34. The van der Waals surface area contributed by atoms with Crippen molar-refractivity contribution in [3.05, 3.63) is 76.8 Å². The van der Waals surface area contributed by atoms with E-state index in [9.17, 15) is 4.79 Å². The molecule has 0 aliphatic carbocycles. The average molecular weight is 362 g/mol. The molecule has 1 aliphatic heterocycles. The van der Waals surface area contributed by atoms with E-state index in [4.69, 9.17) is 4.74 Å². The van der Waals surface area contributed by atoms with Gasteiger partial charge in [-0.05, 0) is 46.8 Å². The second-order valence-corrected chi connectivity index (χ2v) is 7.08. The summed E-state index contributed by atoms with van der Waals surface area (Å²) in [6, 6.07) is 14.1. The van der Waals surface area contributed by atoms with Crippen LogP contribution in [-0.2, 0) is 11.2 Å². The molecule has 0 fully saturated rings. The largest absolute Gasteiger partial charge is 0.488 e. The van der Waals surface area contributed by atoms with Gasteiger partial charge in [0.15, 0.2) is 0 Å². The van der Waals surface area contributed by atoms with E-state index in [0.29, 0.717) is 6.54 Å². The quantitative estimate of drug-likeness (QED) is 0.700. The van der Waals surface area contributed by atoms with Crippen LogP contribution in [0.4, 0.5) is 0 Å². The molecule has 26 heavy (non-hydrogen) atoms. The molecule has 5 heteroatoms. The van der Waals surface area contributed by atoms with E-state index < -0.39 is 0 Å². The first-order chi connectivity index (χ1) is 12.8. The maximum Gasteiger partial charge on any atom is 0.244 e. The Hall–Kier alpha value is -2.92. The molecule has 0 spiro atoms. The van der Waals surface area contributed by atoms with Gasteiger partial charge in [0.2, 0.25) is 5.91 Å². The standard InChI is InChI=1S/C21H18N2O2S/c24-21(8-6-19-4-2-10-26-19)23-14-18-12-17-11-15(5-7-20(17)25-18)16-3-1-9-22-13-16/h1-11,13,18H,12,14H2,(H,23,24). The summed E-state index contributed by atoms with van der Waals surface area (Å²) in [5.74, 6) is 0.792. The second kappa shape index (κ2) is 7.54. The molecule has 3 heterocycles. The van der Waals surface area contributed by atoms with Gasteiger partial charge in [-0.2, -0.15) is 0 Å². The van der Waals surface area contributed by atoms with E-state index in [1.807, 2.05) is 54.1 Å². The lowest BCUT2D eigenvalue weighted by Crippen LogP contribution is -2.33. The van der Waals surface area contributed by atoms with Crippen molar-refractivity contribution in [2.24, 2.45) is 0 Å². The van der Waals surface area contributed by atoms with Gasteiger partial charge in [0.05, 0.1) is 6.54 Å². The fourth-order valence-electron chi connectivity index (χ4n) is 2.96. The highest BCUT2D eigenvalue weighted by atomic mass is 32.1. The molecule has 1 aromatic carbocycles. The number of pyridine rings is 1. The third kappa shape index (κ3) is 3.83. The van der Waals surface area contributed by atoms with E-state index >= 15 is 0 Å². The summed E-state index contributed by atoms with van der Waals surface area (Å²) in [4.78, 5) is 17.2. The van der Waals surface area contributed by atoms with Gasteiger partial charge in [-0.15, -0.1) is 11.3 Å². The number of thiophene rings is 1. The minimum absolute atomic E-state index is 0.0340. The zero-order chi connectivity index (χ0) is 17.8. The number of benzene rings is 1. The molecular formula is C21H18N2O2S. The van der Waals surface area contributed by atoms with Crippen molar-refractivity contribution in [1.29, 1.82) is 0 Å². The van der Waals surface area contributed by atoms with Crippen molar-refractivity contribution in [1.82, 2.24) is 10.3 Å². The van der Waals surface area contributed by atoms with Crippen LogP contribution in [0.2, 0.25) is 0 Å². The number of amides is 1. The number of nitrogens with one attached hydrogen (secondary N) is 1. The maximum atomic E-state index is 12.0. The number of nitrogens with zero attached hydrogens (tertiary/aromatic N) is 1. The minimum Gasteiger partial charge on any atom is -0.488 e. The normalized spacial score (nSPS) is 15.6. The monoisotopic (exact) mass is 362 g/mol. The minimum atomic E-state index is -0.103. The molecule has 1 aliphatic rings. The Bertz CT molecular complexity index is 920. The zero-order valence-corrected chi connectivity index (χ0v) is 14.9. The van der Waals surface area contributed by atoms with Crippen molar-refractivity contribution >= 4 is 23.3 Å². The molecule has 2 aromatic heterocycles. The Labute approximate surface area is 156 Å². The molecule has 1 N–H and O–H groups in total. The fraction of sp³-hybridized carbons (Fsp3) is 0.143. The van der Waals surface area contributed by atoms with Gasteiger partial charge in [-0.1, -0.05) is 18.2 Å². The number of rotatable bonds is 5. The van der Waals surface area contributed by atoms with Crippen molar-refractivity contribution in [2.75, 3.05) is 6.54 Å². The van der Waals surface area contributed by atoms with E-state index in [2.05, 4.69) is 16.4 Å². The topological polar surface area (TPSA) is 51.2 Å². The molecular weight excluding hydrogens is 344 g/mol. The summed E-state index contributed by atoms with van der Waals surface area (Å²) in [6.45, 7) is 0.491. The molecule has 4 rings (SSSR count). The van der Waals surface area contributed by atoms with Crippen LogP contribution in [0.25, 0.3) is 17.2 Å². The molecule has 4 nitrogen and oxygen atoms in total. The Balaban J connectivity index is 1.34. The third-order valence-electron chi connectivity index (χ3n) is 4.24. The van der Waals surface area contributed by atoms with E-state index in [1.165, 1.54) is 5.56 Å². The highest BCUT2D eigenvalue weighted by molar-refractivity contribution is 7.10. The van der Waals surface area contributed by atoms with Gasteiger partial charge in [-0.25, -0.2) is 0 Å². The van der Waals surface area contributed by atoms with Crippen LogP contribution in [0, 0.1) is 0 Å². The van der Waals surface area contributed by atoms with E-state index in [-0.39, 0.29) is 12.0 Å². The SMILES string of the molecule is O=C(C=Cc1cccs1)NCC1Cc2cc(-c3cccnc3)ccc2O1. The molecule has 130 valence electrons. The van der Waals surface area contributed by atoms with Crippen LogP contribution in [0.5, 0.6) is 5.75 Å². The predicted octanol–water partition coefficient (Wildman–Crippen LogP) is 3.94. The van der Waals surface area contributed by atoms with Crippen LogP contribution in [0.1, 0.15) is 10.4 Å². The molecule has 0 saturated heterocycles. The highest BCUT2D eigenvalue weighted by Crippen LogP contribution is 2.32. The molecule has 0 bridgehead atoms. The van der Waals surface area contributed by atoms with E-state index in [0.717, 1.165) is 28.2 Å². The van der Waals surface area contributed by atoms with Gasteiger partial charge in [0.25, 0.3) is 0 Å². The first kappa shape index (κ1) is 16.5. The summed E-state index contributed by atoms with van der Waals surface area (Å²) in [5.41, 5.74) is 3.38. The van der Waals surface area contributed by atoms with Crippen molar-refractivity contribution in [3.63, 3.8) is 0 Å². The number of hydrogen-bond donors (Lipinski definition) is 1. The van der Waals surface area contributed by atoms with Crippen LogP contribution in [0.15, 0.2) is 66.3 Å². The molecule has 0 radical (unpaired) electrons. The van der Waals surface area contributed by atoms with E-state index in [1.54, 1.807) is 23.6 Å². The number of hydrogen-bond acceptors (Lipinski definition) is 4. The number of carbonyl (C=O) groups is 1. The number of aromatic nitrogens is 1. The third-order valence-corrected chi connectivity index (χ3v) is 5.08. The summed E-state index contributed by atoms with van der Waals surface area (Å²) in [7, 11) is 0. The van der Waals surface area contributed by atoms with Crippen molar-refractivity contribution in [2.45, 2.75) is 12.5 Å². The lowest BCUT2D eigenvalue weighted by molar-refractivity contribution is -0.116. The molecule has 1 amide bonds. The molecule has 1 atom stereocenters. The van der Waals surface area contributed by atoms with Crippen LogP contribution < -0.4 is 10.1 Å². The fourth-order valence-corrected chi connectivity index (χ4v) is 3.58. The summed E-state index contributed by atoms with van der Waals surface area (Å²) in [6.07, 6.45) is 7.77. The molecule has 0 saturated carbocycles. The maximum absolute atomic E-state index is 12.0. The lowest BCUT2D eigenvalue weighted by Gasteiger charge is -2.10. The van der Waals surface area contributed by atoms with Gasteiger partial charge in [-0.3, -0.25) is 9.78 Å². The first-order valence-electron chi connectivity index (χ1n) is 8.47. The number of fused-ring (bicyclic) bond motifs is 1. The summed E-state index contributed by atoms with van der Waals surface area (Å²) in [5, 5.41) is 4.90. The smallest absolute Gasteiger partial charge is 0.244 e. The van der Waals surface area contributed by atoms with Crippen LogP contribution in [-0.4, -0.2) is 23.5 Å². The Morgan fingerprint density at radius 3 is 3.04 bits per heavy atom. The van der Waals surface area contributed by atoms with Gasteiger partial charge >= 0.3 is 0 Å². The van der Waals surface area contributed by atoms with Gasteiger partial charge < -0.3 is 10.1 Å². The molecule has 3 aromatic rings. The zero-order valence-electron chi connectivity index (χ0n) is 14.1. The predicted molar refractivity (Wildman–Crippen MR) is 104 cm³/mol. The number of ether oxygens (including phenoxy) is 1. The second-order valence-electron chi connectivity index (χ2n) is 6.10. The first-order valence-corrected chi connectivity index (χ1v) is 9.35. The highest BCUT2D eigenvalue weighted by Gasteiger charge is 2.23. The van der Waals surface area contributed by atoms with Crippen LogP contribution in [0.3, 0.4) is 0 Å².